The Morgan fingerprint density at radius 2 is 1.94 bits per heavy atom. The van der Waals surface area contributed by atoms with E-state index in [4.69, 9.17) is 0 Å². The molecule has 0 saturated carbocycles. The third-order valence-electron chi connectivity index (χ3n) is 7.56. The Hall–Kier alpha value is -2.70. The summed E-state index contributed by atoms with van der Waals surface area (Å²) in [5.41, 5.74) is 7.38. The van der Waals surface area contributed by atoms with Crippen LogP contribution in [0.4, 0.5) is 0 Å². The molecule has 1 atom stereocenters. The van der Waals surface area contributed by atoms with Gasteiger partial charge in [0.25, 0.3) is 0 Å². The highest BCUT2D eigenvalue weighted by Gasteiger charge is 2.28. The van der Waals surface area contributed by atoms with Crippen molar-refractivity contribution in [2.24, 2.45) is 0 Å². The lowest BCUT2D eigenvalue weighted by atomic mass is 9.87. The van der Waals surface area contributed by atoms with Crippen molar-refractivity contribution in [1.82, 2.24) is 19.8 Å². The molecule has 34 heavy (non-hydrogen) atoms. The van der Waals surface area contributed by atoms with Crippen molar-refractivity contribution in [3.63, 3.8) is 0 Å². The largest absolute Gasteiger partial charge is 0.391 e. The monoisotopic (exact) mass is 460 g/mol. The van der Waals surface area contributed by atoms with Crippen LogP contribution in [0.15, 0.2) is 36.5 Å². The summed E-state index contributed by atoms with van der Waals surface area (Å²) in [7, 11) is 0. The predicted octanol–water partition coefficient (Wildman–Crippen LogP) is 4.43. The maximum atomic E-state index is 12.6. The zero-order valence-corrected chi connectivity index (χ0v) is 20.6. The molecule has 1 amide bonds. The summed E-state index contributed by atoms with van der Waals surface area (Å²) >= 11 is 0. The molecule has 2 fully saturated rings. The lowest BCUT2D eigenvalue weighted by Gasteiger charge is -2.32. The Balaban J connectivity index is 1.32. The summed E-state index contributed by atoms with van der Waals surface area (Å²) in [5, 5.41) is 11.0. The molecule has 2 saturated heterocycles. The number of carbonyl (C=O) groups excluding carboxylic acids is 1. The van der Waals surface area contributed by atoms with Crippen molar-refractivity contribution < 1.29 is 9.90 Å². The number of aryl methyl sites for hydroxylation is 1. The van der Waals surface area contributed by atoms with Gasteiger partial charge >= 0.3 is 0 Å². The molecule has 0 unspecified atom stereocenters. The Morgan fingerprint density at radius 3 is 2.62 bits per heavy atom. The van der Waals surface area contributed by atoms with Crippen molar-refractivity contribution in [2.45, 2.75) is 58.0 Å². The van der Waals surface area contributed by atoms with Gasteiger partial charge in [-0.2, -0.15) is 0 Å². The van der Waals surface area contributed by atoms with Crippen LogP contribution in [0.25, 0.3) is 22.2 Å². The van der Waals surface area contributed by atoms with E-state index in [9.17, 15) is 9.90 Å². The average Bonchev–Trinajstić information content (AvgIpc) is 3.43. The molecule has 6 nitrogen and oxygen atoms in total. The zero-order chi connectivity index (χ0) is 23.8. The molecule has 2 aliphatic rings. The van der Waals surface area contributed by atoms with Crippen LogP contribution in [-0.2, 0) is 4.79 Å². The number of aliphatic hydroxyl groups excluding tert-OH is 1. The number of fused-ring (bicyclic) bond motifs is 1. The highest BCUT2D eigenvalue weighted by molar-refractivity contribution is 5.92. The Morgan fingerprint density at radius 1 is 1.15 bits per heavy atom. The van der Waals surface area contributed by atoms with Crippen LogP contribution in [0.1, 0.15) is 61.8 Å². The van der Waals surface area contributed by atoms with Crippen LogP contribution in [0.2, 0.25) is 0 Å². The third-order valence-corrected chi connectivity index (χ3v) is 7.56. The van der Waals surface area contributed by atoms with Crippen molar-refractivity contribution in [2.75, 3.05) is 32.7 Å². The van der Waals surface area contributed by atoms with Crippen molar-refractivity contribution in [1.29, 1.82) is 0 Å². The quantitative estimate of drug-likeness (QED) is 0.591. The summed E-state index contributed by atoms with van der Waals surface area (Å²) in [6.45, 7) is 10.1. The minimum absolute atomic E-state index is 0.157. The number of piperidine rings is 1. The molecule has 2 aromatic heterocycles. The lowest BCUT2D eigenvalue weighted by Crippen LogP contribution is -2.42. The van der Waals surface area contributed by atoms with E-state index < -0.39 is 0 Å². The summed E-state index contributed by atoms with van der Waals surface area (Å²) in [4.78, 5) is 24.7. The Kier molecular flexibility index (Phi) is 6.45. The van der Waals surface area contributed by atoms with Gasteiger partial charge in [0.2, 0.25) is 5.91 Å². The predicted molar refractivity (Wildman–Crippen MR) is 136 cm³/mol. The van der Waals surface area contributed by atoms with Gasteiger partial charge in [-0.05, 0) is 86.5 Å². The van der Waals surface area contributed by atoms with E-state index in [-0.39, 0.29) is 12.0 Å². The van der Waals surface area contributed by atoms with Gasteiger partial charge in [-0.3, -0.25) is 14.7 Å². The number of benzene rings is 1. The molecule has 0 spiro atoms. The fraction of sp³-hybridized carbons (Fsp3) is 0.500. The van der Waals surface area contributed by atoms with Crippen LogP contribution in [0.3, 0.4) is 0 Å². The second kappa shape index (κ2) is 9.51. The third kappa shape index (κ3) is 4.62. The van der Waals surface area contributed by atoms with Crippen LogP contribution >= 0.6 is 0 Å². The summed E-state index contributed by atoms with van der Waals surface area (Å²) in [5.74, 6) is 1.08. The molecule has 3 aromatic rings. The van der Waals surface area contributed by atoms with Crippen molar-refractivity contribution in [3.05, 3.63) is 53.3 Å². The van der Waals surface area contributed by atoms with Crippen LogP contribution in [0.5, 0.6) is 0 Å². The first-order valence-corrected chi connectivity index (χ1v) is 12.7. The van der Waals surface area contributed by atoms with Crippen LogP contribution in [0, 0.1) is 6.92 Å². The topological polar surface area (TPSA) is 72.5 Å². The molecule has 1 aromatic carbocycles. The van der Waals surface area contributed by atoms with Crippen LogP contribution < -0.4 is 0 Å². The first-order valence-electron chi connectivity index (χ1n) is 12.7. The van der Waals surface area contributed by atoms with Gasteiger partial charge < -0.3 is 15.0 Å². The highest BCUT2D eigenvalue weighted by atomic mass is 16.3. The van der Waals surface area contributed by atoms with Crippen molar-refractivity contribution in [3.8, 4) is 11.3 Å². The molecule has 5 rings (SSSR count). The van der Waals surface area contributed by atoms with Gasteiger partial charge in [0.05, 0.1) is 18.3 Å². The van der Waals surface area contributed by atoms with E-state index in [0.717, 1.165) is 31.6 Å². The number of aromatic amines is 1. The zero-order valence-electron chi connectivity index (χ0n) is 20.6. The number of hydrogen-bond acceptors (Lipinski definition) is 4. The number of carbonyl (C=O) groups is 1. The first kappa shape index (κ1) is 23.1. The Bertz CT molecular complexity index is 1180. The number of H-pyrrole nitrogens is 1. The fourth-order valence-electron chi connectivity index (χ4n) is 5.70. The molecule has 0 aliphatic carbocycles. The van der Waals surface area contributed by atoms with Crippen molar-refractivity contribution >= 4 is 16.8 Å². The second-order valence-corrected chi connectivity index (χ2v) is 10.4. The average molecular weight is 461 g/mol. The SMILES string of the molecule is Cc1cc(-c2[nH]c3ccc(C4CCN(CC(=O)N5CC[C@H](O)C5)CC4)cc3c2C(C)C)ccn1. The van der Waals surface area contributed by atoms with E-state index >= 15 is 0 Å². The number of likely N-dealkylation sites (tertiary alicyclic amines) is 2. The maximum Gasteiger partial charge on any atom is 0.236 e. The number of nitrogens with zero attached hydrogens (tertiary/aromatic N) is 3. The molecular formula is C28H36N4O2. The van der Waals surface area contributed by atoms with E-state index in [1.165, 1.54) is 33.3 Å². The first-order chi connectivity index (χ1) is 16.4. The van der Waals surface area contributed by atoms with Gasteiger partial charge in [-0.15, -0.1) is 0 Å². The summed E-state index contributed by atoms with van der Waals surface area (Å²) < 4.78 is 0. The number of hydrogen-bond donors (Lipinski definition) is 2. The minimum Gasteiger partial charge on any atom is -0.391 e. The van der Waals surface area contributed by atoms with Gasteiger partial charge in [-0.25, -0.2) is 0 Å². The Labute approximate surface area is 202 Å². The molecular weight excluding hydrogens is 424 g/mol. The highest BCUT2D eigenvalue weighted by Crippen LogP contribution is 2.38. The van der Waals surface area contributed by atoms with Crippen LogP contribution in [-0.4, -0.2) is 69.6 Å². The number of aromatic nitrogens is 2. The molecule has 0 radical (unpaired) electrons. The number of nitrogens with one attached hydrogen (secondary N) is 1. The van der Waals surface area contributed by atoms with Gasteiger partial charge in [0, 0.05) is 41.4 Å². The van der Waals surface area contributed by atoms with E-state index in [2.05, 4.69) is 59.0 Å². The normalized spacial score (nSPS) is 20.0. The number of pyridine rings is 1. The molecule has 6 heteroatoms. The number of amides is 1. The summed E-state index contributed by atoms with van der Waals surface area (Å²) in [6, 6.07) is 11.2. The fourth-order valence-corrected chi connectivity index (χ4v) is 5.70. The van der Waals surface area contributed by atoms with E-state index in [1.54, 1.807) is 0 Å². The molecule has 0 bridgehead atoms. The number of rotatable bonds is 5. The number of aliphatic hydroxyl groups is 1. The van der Waals surface area contributed by atoms with E-state index in [1.807, 2.05) is 18.0 Å². The summed E-state index contributed by atoms with van der Waals surface area (Å²) in [6.07, 6.45) is 4.38. The van der Waals surface area contributed by atoms with Gasteiger partial charge in [0.15, 0.2) is 0 Å². The lowest BCUT2D eigenvalue weighted by molar-refractivity contribution is -0.132. The van der Waals surface area contributed by atoms with Gasteiger partial charge in [-0.1, -0.05) is 19.9 Å². The van der Waals surface area contributed by atoms with Gasteiger partial charge in [0.1, 0.15) is 0 Å². The minimum atomic E-state index is -0.350. The second-order valence-electron chi connectivity index (χ2n) is 10.4. The molecule has 180 valence electrons. The number of β-amino-alcohol motifs (C(OH)–C–C–N with tert-alkyl or cyclic N) is 1. The molecule has 2 aliphatic heterocycles. The molecule has 2 N–H and O–H groups in total. The van der Waals surface area contributed by atoms with E-state index in [0.29, 0.717) is 37.9 Å². The standard InChI is InChI=1S/C28H36N4O2/c1-18(2)27-24-15-21(4-5-25(24)30-28(27)22-6-10-29-19(3)14-22)20-7-11-31(12-8-20)17-26(34)32-13-9-23(33)16-32/h4-6,10,14-15,18,20,23,30,33H,7-9,11-13,16-17H2,1-3H3/t23-/m0/s1. The smallest absolute Gasteiger partial charge is 0.236 e. The maximum absolute atomic E-state index is 12.6. The molecule has 4 heterocycles.